The van der Waals surface area contributed by atoms with Crippen LogP contribution in [0.25, 0.3) is 10.9 Å². The van der Waals surface area contributed by atoms with Gasteiger partial charge in [0.25, 0.3) is 0 Å². The lowest BCUT2D eigenvalue weighted by Gasteiger charge is -2.29. The van der Waals surface area contributed by atoms with E-state index >= 15 is 0 Å². The topological polar surface area (TPSA) is 38.1 Å². The zero-order valence-corrected chi connectivity index (χ0v) is 13.3. The molecular weight excluding hydrogens is 308 g/mol. The van der Waals surface area contributed by atoms with E-state index in [4.69, 9.17) is 4.99 Å². The first kappa shape index (κ1) is 14.9. The van der Waals surface area contributed by atoms with E-state index in [0.717, 1.165) is 17.0 Å². The number of benzene rings is 2. The molecule has 0 radical (unpaired) electrons. The lowest BCUT2D eigenvalue weighted by atomic mass is 9.85. The molecule has 0 fully saturated rings. The molecule has 0 amide bonds. The molecule has 2 aromatic carbocycles. The molecule has 2 heterocycles. The van der Waals surface area contributed by atoms with Crippen LogP contribution in [0.3, 0.4) is 0 Å². The molecule has 3 aromatic rings. The van der Waals surface area contributed by atoms with E-state index in [-0.39, 0.29) is 0 Å². The van der Waals surface area contributed by atoms with Gasteiger partial charge in [0.2, 0.25) is 0 Å². The normalized spacial score (nSPS) is 15.9. The Morgan fingerprint density at radius 3 is 2.62 bits per heavy atom. The van der Waals surface area contributed by atoms with Crippen molar-refractivity contribution in [1.29, 1.82) is 0 Å². The highest BCUT2D eigenvalue weighted by Crippen LogP contribution is 2.31. The molecule has 24 heavy (non-hydrogen) atoms. The van der Waals surface area contributed by atoms with Gasteiger partial charge in [-0.05, 0) is 37.6 Å². The number of nitrogens with zero attached hydrogens (tertiary/aromatic N) is 3. The molecule has 0 N–H and O–H groups in total. The fourth-order valence-corrected chi connectivity index (χ4v) is 3.12. The van der Waals surface area contributed by atoms with Crippen LogP contribution >= 0.6 is 0 Å². The van der Waals surface area contributed by atoms with Crippen LogP contribution in [0, 0.1) is 11.6 Å². The van der Waals surface area contributed by atoms with E-state index in [9.17, 15) is 8.78 Å². The number of hydrogen-bond donors (Lipinski definition) is 0. The van der Waals surface area contributed by atoms with E-state index in [1.165, 1.54) is 6.07 Å². The van der Waals surface area contributed by atoms with Gasteiger partial charge in [-0.1, -0.05) is 18.2 Å². The Balaban J connectivity index is 1.97. The fraction of sp³-hybridized carbons (Fsp3) is 0.211. The maximum Gasteiger partial charge on any atom is 0.130 e. The summed E-state index contributed by atoms with van der Waals surface area (Å²) in [5.74, 6) is -1.16. The third-order valence-corrected chi connectivity index (χ3v) is 4.18. The highest BCUT2D eigenvalue weighted by molar-refractivity contribution is 6.14. The minimum Gasteiger partial charge on any atom is -0.276 e. The van der Waals surface area contributed by atoms with E-state index in [2.05, 4.69) is 10.2 Å². The highest BCUT2D eigenvalue weighted by Gasteiger charge is 2.31. The summed E-state index contributed by atoms with van der Waals surface area (Å²) in [6, 6.07) is 11.7. The Bertz CT molecular complexity index is 993. The third kappa shape index (κ3) is 2.46. The maximum atomic E-state index is 14.3. The molecule has 4 rings (SSSR count). The van der Waals surface area contributed by atoms with Crippen LogP contribution in [0.5, 0.6) is 0 Å². The Morgan fingerprint density at radius 2 is 1.79 bits per heavy atom. The number of aliphatic imine (C=N–C) groups is 1. The van der Waals surface area contributed by atoms with Gasteiger partial charge in [-0.3, -0.25) is 4.99 Å². The molecule has 0 bridgehead atoms. The molecular formula is C19H15F2N3. The van der Waals surface area contributed by atoms with Crippen molar-refractivity contribution in [2.24, 2.45) is 4.99 Å². The summed E-state index contributed by atoms with van der Waals surface area (Å²) < 4.78 is 28.0. The average Bonchev–Trinajstić information content (AvgIpc) is 2.54. The van der Waals surface area contributed by atoms with Crippen LogP contribution in [-0.4, -0.2) is 21.4 Å². The average molecular weight is 323 g/mol. The quantitative estimate of drug-likeness (QED) is 0.677. The van der Waals surface area contributed by atoms with Gasteiger partial charge < -0.3 is 0 Å². The van der Waals surface area contributed by atoms with Crippen molar-refractivity contribution in [2.45, 2.75) is 25.8 Å². The van der Waals surface area contributed by atoms with Crippen molar-refractivity contribution in [3.63, 3.8) is 0 Å². The van der Waals surface area contributed by atoms with Gasteiger partial charge >= 0.3 is 0 Å². The van der Waals surface area contributed by atoms with E-state index in [1.807, 2.05) is 44.2 Å². The molecule has 5 heteroatoms. The van der Waals surface area contributed by atoms with Crippen LogP contribution in [-0.2, 0) is 6.42 Å². The zero-order valence-electron chi connectivity index (χ0n) is 13.3. The van der Waals surface area contributed by atoms with Gasteiger partial charge in [0.1, 0.15) is 17.3 Å². The molecule has 1 aliphatic rings. The molecule has 3 nitrogen and oxygen atoms in total. The third-order valence-electron chi connectivity index (χ3n) is 4.18. The van der Waals surface area contributed by atoms with E-state index in [1.54, 1.807) is 0 Å². The standard InChI is InChI=1S/C19H15F2N3/c1-19(2)10-14-13(8-12(20)9-15(14)21)18(22-19)17-7-11-5-3-4-6-16(11)23-24-17/h3-9H,10H2,1-2H3. The smallest absolute Gasteiger partial charge is 0.130 e. The Hall–Kier alpha value is -2.69. The summed E-state index contributed by atoms with van der Waals surface area (Å²) in [6.07, 6.45) is 0.416. The molecule has 0 saturated heterocycles. The molecule has 1 aromatic heterocycles. The number of aromatic nitrogens is 2. The lowest BCUT2D eigenvalue weighted by Crippen LogP contribution is -2.31. The first-order valence-electron chi connectivity index (χ1n) is 7.74. The van der Waals surface area contributed by atoms with E-state index < -0.39 is 17.2 Å². The minimum absolute atomic E-state index is 0.416. The van der Waals surface area contributed by atoms with Gasteiger partial charge in [-0.25, -0.2) is 8.78 Å². The largest absolute Gasteiger partial charge is 0.276 e. The van der Waals surface area contributed by atoms with Gasteiger partial charge in [0.15, 0.2) is 0 Å². The number of hydrogen-bond acceptors (Lipinski definition) is 3. The summed E-state index contributed by atoms with van der Waals surface area (Å²) in [5.41, 5.74) is 2.21. The molecule has 0 aliphatic carbocycles. The van der Waals surface area contributed by atoms with Crippen molar-refractivity contribution in [3.8, 4) is 0 Å². The van der Waals surface area contributed by atoms with Crippen molar-refractivity contribution in [1.82, 2.24) is 10.2 Å². The molecule has 0 spiro atoms. The summed E-state index contributed by atoms with van der Waals surface area (Å²) >= 11 is 0. The molecule has 1 aliphatic heterocycles. The molecule has 0 atom stereocenters. The van der Waals surface area contributed by atoms with E-state index in [0.29, 0.717) is 29.0 Å². The van der Waals surface area contributed by atoms with Gasteiger partial charge in [-0.15, -0.1) is 10.2 Å². The first-order valence-corrected chi connectivity index (χ1v) is 7.74. The second-order valence-corrected chi connectivity index (χ2v) is 6.65. The molecule has 0 saturated carbocycles. The second-order valence-electron chi connectivity index (χ2n) is 6.65. The van der Waals surface area contributed by atoms with Gasteiger partial charge in [0, 0.05) is 23.4 Å². The number of halogens is 2. The Kier molecular flexibility index (Phi) is 3.20. The van der Waals surface area contributed by atoms with Crippen LogP contribution in [0.15, 0.2) is 47.5 Å². The number of rotatable bonds is 1. The summed E-state index contributed by atoms with van der Waals surface area (Å²) in [7, 11) is 0. The van der Waals surface area contributed by atoms with Gasteiger partial charge in [0.05, 0.1) is 16.8 Å². The van der Waals surface area contributed by atoms with Crippen LogP contribution in [0.2, 0.25) is 0 Å². The van der Waals surface area contributed by atoms with Crippen LogP contribution in [0.1, 0.15) is 30.7 Å². The van der Waals surface area contributed by atoms with Crippen molar-refractivity contribution in [3.05, 3.63) is 70.9 Å². The predicted molar refractivity (Wildman–Crippen MR) is 89.3 cm³/mol. The zero-order chi connectivity index (χ0) is 16.9. The van der Waals surface area contributed by atoms with Crippen molar-refractivity contribution in [2.75, 3.05) is 0 Å². The second kappa shape index (κ2) is 5.16. The molecule has 120 valence electrons. The fourth-order valence-electron chi connectivity index (χ4n) is 3.12. The van der Waals surface area contributed by atoms with Crippen molar-refractivity contribution < 1.29 is 8.78 Å². The highest BCUT2D eigenvalue weighted by atomic mass is 19.1. The van der Waals surface area contributed by atoms with Crippen LogP contribution in [0.4, 0.5) is 8.78 Å². The maximum absolute atomic E-state index is 14.3. The Morgan fingerprint density at radius 1 is 1.00 bits per heavy atom. The summed E-state index contributed by atoms with van der Waals surface area (Å²) in [4.78, 5) is 4.70. The SMILES string of the molecule is CC1(C)Cc2c(F)cc(F)cc2C(c2cc3ccccc3nn2)=N1. The summed E-state index contributed by atoms with van der Waals surface area (Å²) in [6.45, 7) is 3.85. The lowest BCUT2D eigenvalue weighted by molar-refractivity contribution is 0.487. The number of fused-ring (bicyclic) bond motifs is 2. The minimum atomic E-state index is -0.618. The predicted octanol–water partition coefficient (Wildman–Crippen LogP) is 4.08. The van der Waals surface area contributed by atoms with Gasteiger partial charge in [-0.2, -0.15) is 0 Å². The monoisotopic (exact) mass is 323 g/mol. The van der Waals surface area contributed by atoms with Crippen LogP contribution < -0.4 is 0 Å². The summed E-state index contributed by atoms with van der Waals surface area (Å²) in [5, 5.41) is 9.34. The first-order chi connectivity index (χ1) is 11.4. The Labute approximate surface area is 138 Å². The van der Waals surface area contributed by atoms with Crippen molar-refractivity contribution >= 4 is 16.6 Å². The molecule has 0 unspecified atom stereocenters.